The summed E-state index contributed by atoms with van der Waals surface area (Å²) < 4.78 is 26.5. The van der Waals surface area contributed by atoms with Crippen molar-refractivity contribution >= 4 is 10.0 Å². The Morgan fingerprint density at radius 3 is 2.89 bits per heavy atom. The molecule has 0 aliphatic carbocycles. The van der Waals surface area contributed by atoms with Gasteiger partial charge in [-0.05, 0) is 12.1 Å². The van der Waals surface area contributed by atoms with Crippen LogP contribution in [0.15, 0.2) is 29.6 Å². The number of aromatic nitrogens is 4. The number of nitrogens with zero attached hydrogens (tertiary/aromatic N) is 3. The lowest BCUT2D eigenvalue weighted by molar-refractivity contribution is 0.577. The van der Waals surface area contributed by atoms with E-state index < -0.39 is 10.0 Å². The molecule has 0 radical (unpaired) electrons. The second kappa shape index (κ2) is 5.21. The SMILES string of the molecule is NCc1ncccc1S(=O)(=O)NCc1ncn[nH]1. The minimum Gasteiger partial charge on any atom is -0.325 e. The summed E-state index contributed by atoms with van der Waals surface area (Å²) in [5.41, 5.74) is 5.78. The van der Waals surface area contributed by atoms with Gasteiger partial charge in [0.05, 0.1) is 12.2 Å². The quantitative estimate of drug-likeness (QED) is 0.647. The molecular formula is C9H12N6O2S. The van der Waals surface area contributed by atoms with Crippen molar-refractivity contribution < 1.29 is 8.42 Å². The van der Waals surface area contributed by atoms with Gasteiger partial charge in [-0.25, -0.2) is 18.1 Å². The zero-order chi connectivity index (χ0) is 13.0. The molecule has 8 nitrogen and oxygen atoms in total. The maximum atomic E-state index is 12.0. The predicted molar refractivity (Wildman–Crippen MR) is 62.5 cm³/mol. The second-order valence-electron chi connectivity index (χ2n) is 3.41. The minimum atomic E-state index is -3.66. The Morgan fingerprint density at radius 1 is 1.39 bits per heavy atom. The zero-order valence-corrected chi connectivity index (χ0v) is 10.2. The van der Waals surface area contributed by atoms with Crippen LogP contribution in [-0.2, 0) is 23.1 Å². The van der Waals surface area contributed by atoms with Gasteiger partial charge < -0.3 is 5.73 Å². The molecule has 96 valence electrons. The molecule has 0 spiro atoms. The van der Waals surface area contributed by atoms with Gasteiger partial charge >= 0.3 is 0 Å². The highest BCUT2D eigenvalue weighted by atomic mass is 32.2. The molecule has 0 aliphatic rings. The van der Waals surface area contributed by atoms with Crippen LogP contribution in [0.3, 0.4) is 0 Å². The van der Waals surface area contributed by atoms with Crippen molar-refractivity contribution in [1.82, 2.24) is 24.9 Å². The summed E-state index contributed by atoms with van der Waals surface area (Å²) in [6.07, 6.45) is 2.80. The third kappa shape index (κ3) is 2.70. The lowest BCUT2D eigenvalue weighted by atomic mass is 10.3. The van der Waals surface area contributed by atoms with Crippen LogP contribution in [0, 0.1) is 0 Å². The van der Waals surface area contributed by atoms with Crippen LogP contribution in [0.2, 0.25) is 0 Å². The summed E-state index contributed by atoms with van der Waals surface area (Å²) in [5.74, 6) is 0.428. The van der Waals surface area contributed by atoms with Crippen LogP contribution in [-0.4, -0.2) is 28.6 Å². The Morgan fingerprint density at radius 2 is 2.22 bits per heavy atom. The average molecular weight is 268 g/mol. The van der Waals surface area contributed by atoms with E-state index in [1.807, 2.05) is 0 Å². The first-order valence-electron chi connectivity index (χ1n) is 5.11. The Kier molecular flexibility index (Phi) is 3.65. The van der Waals surface area contributed by atoms with Gasteiger partial charge in [-0.15, -0.1) is 0 Å². The normalized spacial score (nSPS) is 11.6. The van der Waals surface area contributed by atoms with Gasteiger partial charge in [0.1, 0.15) is 17.0 Å². The third-order valence-corrected chi connectivity index (χ3v) is 3.70. The van der Waals surface area contributed by atoms with Gasteiger partial charge in [-0.2, -0.15) is 5.10 Å². The molecule has 0 saturated carbocycles. The first-order chi connectivity index (χ1) is 8.63. The van der Waals surface area contributed by atoms with E-state index in [4.69, 9.17) is 5.73 Å². The van der Waals surface area contributed by atoms with Crippen molar-refractivity contribution in [3.8, 4) is 0 Å². The highest BCUT2D eigenvalue weighted by molar-refractivity contribution is 7.89. The number of sulfonamides is 1. The average Bonchev–Trinajstić information content (AvgIpc) is 2.89. The topological polar surface area (TPSA) is 127 Å². The molecule has 0 fully saturated rings. The van der Waals surface area contributed by atoms with Crippen LogP contribution in [0.25, 0.3) is 0 Å². The van der Waals surface area contributed by atoms with Crippen LogP contribution >= 0.6 is 0 Å². The van der Waals surface area contributed by atoms with E-state index in [0.29, 0.717) is 11.5 Å². The minimum absolute atomic E-state index is 0.0290. The molecule has 2 heterocycles. The summed E-state index contributed by atoms with van der Waals surface area (Å²) >= 11 is 0. The molecule has 0 unspecified atom stereocenters. The van der Waals surface area contributed by atoms with Crippen molar-refractivity contribution in [2.45, 2.75) is 18.0 Å². The lowest BCUT2D eigenvalue weighted by Gasteiger charge is -2.08. The largest absolute Gasteiger partial charge is 0.325 e. The number of hydrogen-bond donors (Lipinski definition) is 3. The first-order valence-corrected chi connectivity index (χ1v) is 6.59. The lowest BCUT2D eigenvalue weighted by Crippen LogP contribution is -2.25. The van der Waals surface area contributed by atoms with E-state index in [1.165, 1.54) is 18.6 Å². The highest BCUT2D eigenvalue weighted by Gasteiger charge is 2.18. The van der Waals surface area contributed by atoms with E-state index in [9.17, 15) is 8.42 Å². The molecule has 2 aromatic heterocycles. The van der Waals surface area contributed by atoms with E-state index >= 15 is 0 Å². The number of nitrogens with two attached hydrogens (primary N) is 1. The standard InChI is InChI=1S/C9H12N6O2S/c10-4-7-8(2-1-3-11-7)18(16,17)14-5-9-12-6-13-15-9/h1-3,6,14H,4-5,10H2,(H,12,13,15). The van der Waals surface area contributed by atoms with Gasteiger partial charge in [-0.1, -0.05) is 0 Å². The summed E-state index contributed by atoms with van der Waals surface area (Å²) in [6, 6.07) is 3.00. The molecule has 2 rings (SSSR count). The van der Waals surface area contributed by atoms with E-state index in [-0.39, 0.29) is 18.0 Å². The van der Waals surface area contributed by atoms with Crippen molar-refractivity contribution in [2.75, 3.05) is 0 Å². The Labute approximate surface area is 104 Å². The Hall–Kier alpha value is -1.84. The van der Waals surface area contributed by atoms with Crippen molar-refractivity contribution in [1.29, 1.82) is 0 Å². The molecule has 9 heteroatoms. The smallest absolute Gasteiger partial charge is 0.242 e. The summed E-state index contributed by atoms with van der Waals surface area (Å²) in [6.45, 7) is 0.0840. The Bertz CT molecular complexity index is 610. The first kappa shape index (κ1) is 12.6. The molecular weight excluding hydrogens is 256 g/mol. The van der Waals surface area contributed by atoms with E-state index in [0.717, 1.165) is 0 Å². The fraction of sp³-hybridized carbons (Fsp3) is 0.222. The van der Waals surface area contributed by atoms with Crippen molar-refractivity contribution in [3.63, 3.8) is 0 Å². The van der Waals surface area contributed by atoms with E-state index in [2.05, 4.69) is 24.9 Å². The number of nitrogens with one attached hydrogen (secondary N) is 2. The van der Waals surface area contributed by atoms with Crippen LogP contribution < -0.4 is 10.5 Å². The summed E-state index contributed by atoms with van der Waals surface area (Å²) in [4.78, 5) is 7.83. The van der Waals surface area contributed by atoms with Crippen LogP contribution in [0.1, 0.15) is 11.5 Å². The van der Waals surface area contributed by atoms with Crippen LogP contribution in [0.4, 0.5) is 0 Å². The highest BCUT2D eigenvalue weighted by Crippen LogP contribution is 2.12. The summed E-state index contributed by atoms with van der Waals surface area (Å²) in [7, 11) is -3.66. The molecule has 4 N–H and O–H groups in total. The van der Waals surface area contributed by atoms with Gasteiger partial charge in [-0.3, -0.25) is 10.1 Å². The monoisotopic (exact) mass is 268 g/mol. The van der Waals surface area contributed by atoms with Crippen molar-refractivity contribution in [3.05, 3.63) is 36.2 Å². The van der Waals surface area contributed by atoms with E-state index in [1.54, 1.807) is 6.07 Å². The van der Waals surface area contributed by atoms with Gasteiger partial charge in [0, 0.05) is 12.7 Å². The van der Waals surface area contributed by atoms with Gasteiger partial charge in [0.25, 0.3) is 0 Å². The second-order valence-corrected chi connectivity index (χ2v) is 5.14. The van der Waals surface area contributed by atoms with Gasteiger partial charge in [0.2, 0.25) is 10.0 Å². The number of H-pyrrole nitrogens is 1. The fourth-order valence-electron chi connectivity index (χ4n) is 1.38. The van der Waals surface area contributed by atoms with Crippen LogP contribution in [0.5, 0.6) is 0 Å². The zero-order valence-electron chi connectivity index (χ0n) is 9.37. The number of rotatable bonds is 5. The maximum Gasteiger partial charge on any atom is 0.242 e. The molecule has 0 saturated heterocycles. The molecule has 0 atom stereocenters. The third-order valence-electron chi connectivity index (χ3n) is 2.23. The maximum absolute atomic E-state index is 12.0. The number of hydrogen-bond acceptors (Lipinski definition) is 6. The molecule has 0 bridgehead atoms. The summed E-state index contributed by atoms with van der Waals surface area (Å²) in [5, 5.41) is 6.19. The van der Waals surface area contributed by atoms with Gasteiger partial charge in [0.15, 0.2) is 0 Å². The number of pyridine rings is 1. The molecule has 0 amide bonds. The van der Waals surface area contributed by atoms with Crippen molar-refractivity contribution in [2.24, 2.45) is 5.73 Å². The molecule has 0 aromatic carbocycles. The molecule has 2 aromatic rings. The fourth-order valence-corrected chi connectivity index (χ4v) is 2.56. The molecule has 18 heavy (non-hydrogen) atoms. The Balaban J connectivity index is 2.20. The molecule has 0 aliphatic heterocycles. The number of aromatic amines is 1. The predicted octanol–water partition coefficient (Wildman–Crippen LogP) is -0.863.